The molecule has 2 aromatic carbocycles. The predicted octanol–water partition coefficient (Wildman–Crippen LogP) is 5.97. The Morgan fingerprint density at radius 2 is 1.71 bits per heavy atom. The number of carbonyl (C=O) groups is 3. The lowest BCUT2D eigenvalue weighted by Gasteiger charge is -2.42. The number of rotatable bonds is 9. The van der Waals surface area contributed by atoms with Crippen LogP contribution in [0.5, 0.6) is 0 Å². The molecule has 1 N–H and O–H groups in total. The molecule has 1 aromatic heterocycles. The van der Waals surface area contributed by atoms with Gasteiger partial charge in [-0.15, -0.1) is 0 Å². The van der Waals surface area contributed by atoms with Gasteiger partial charge in [0.25, 0.3) is 5.91 Å². The Morgan fingerprint density at radius 3 is 2.31 bits per heavy atom. The zero-order valence-electron chi connectivity index (χ0n) is 28.9. The quantitative estimate of drug-likeness (QED) is 0.280. The van der Waals surface area contributed by atoms with E-state index in [1.54, 1.807) is 31.5 Å². The van der Waals surface area contributed by atoms with Crippen LogP contribution in [0.15, 0.2) is 54.7 Å². The van der Waals surface area contributed by atoms with E-state index >= 15 is 4.39 Å². The van der Waals surface area contributed by atoms with Crippen molar-refractivity contribution < 1.29 is 37.7 Å². The van der Waals surface area contributed by atoms with Crippen molar-refractivity contribution in [1.29, 1.82) is 0 Å². The van der Waals surface area contributed by atoms with Gasteiger partial charge in [0.2, 0.25) is 0 Å². The summed E-state index contributed by atoms with van der Waals surface area (Å²) in [5, 5.41) is 11.2. The summed E-state index contributed by atoms with van der Waals surface area (Å²) in [5.74, 6) is -2.68. The van der Waals surface area contributed by atoms with E-state index < -0.39 is 64.8 Å². The number of nitrogens with zero attached hydrogens (tertiary/aromatic N) is 4. The largest absolute Gasteiger partial charge is 0.453 e. The summed E-state index contributed by atoms with van der Waals surface area (Å²) in [7, 11) is 0. The highest BCUT2D eigenvalue weighted by atomic mass is 19.1. The van der Waals surface area contributed by atoms with Crippen LogP contribution in [-0.2, 0) is 25.6 Å². The van der Waals surface area contributed by atoms with E-state index in [2.05, 4.69) is 0 Å². The Kier molecular flexibility index (Phi) is 11.0. The number of ether oxygens (including phenoxy) is 2. The van der Waals surface area contributed by atoms with Gasteiger partial charge in [-0.3, -0.25) is 9.59 Å². The van der Waals surface area contributed by atoms with E-state index in [1.807, 2.05) is 51.1 Å². The molecule has 48 heavy (non-hydrogen) atoms. The van der Waals surface area contributed by atoms with Crippen molar-refractivity contribution >= 4 is 18.0 Å². The van der Waals surface area contributed by atoms with Crippen LogP contribution in [0.4, 0.5) is 13.6 Å². The van der Waals surface area contributed by atoms with E-state index in [0.29, 0.717) is 12.4 Å². The summed E-state index contributed by atoms with van der Waals surface area (Å²) in [6, 6.07) is 11.8. The van der Waals surface area contributed by atoms with Gasteiger partial charge in [-0.25, -0.2) is 18.6 Å². The number of esters is 1. The van der Waals surface area contributed by atoms with E-state index in [0.717, 1.165) is 23.8 Å². The van der Waals surface area contributed by atoms with Crippen LogP contribution in [0, 0.1) is 23.0 Å². The standard InChI is InChI=1S/C36H46F2N4O6/c1-22(47-23(2)43)33(45)42(19-25-18-41(21-30(25)44)34(46)48-36(6,7)8)31(35(3,4)5)32-39-29(27-16-26(37)14-15-28(27)38)20-40(32)17-24-12-10-9-11-13-24/h9-16,20,22,25,30-31,44H,17-19,21H2,1-8H3. The lowest BCUT2D eigenvalue weighted by molar-refractivity contribution is -0.161. The summed E-state index contributed by atoms with van der Waals surface area (Å²) in [6.07, 6.45) is -1.13. The van der Waals surface area contributed by atoms with Crippen molar-refractivity contribution in [3.63, 3.8) is 0 Å². The van der Waals surface area contributed by atoms with Gasteiger partial charge in [0.1, 0.15) is 23.1 Å². The average molecular weight is 669 g/mol. The van der Waals surface area contributed by atoms with Crippen LogP contribution in [0.25, 0.3) is 11.3 Å². The van der Waals surface area contributed by atoms with E-state index in [-0.39, 0.29) is 30.9 Å². The molecule has 1 aliphatic rings. The SMILES string of the molecule is CC(=O)OC(C)C(=O)N(CC1CN(C(=O)OC(C)(C)C)CC1O)C(c1nc(-c2cc(F)ccc2F)cn1Cc1ccccc1)C(C)(C)C. The lowest BCUT2D eigenvalue weighted by atomic mass is 9.83. The molecule has 0 radical (unpaired) electrons. The first-order chi connectivity index (χ1) is 22.3. The first kappa shape index (κ1) is 36.5. The highest BCUT2D eigenvalue weighted by Crippen LogP contribution is 2.41. The number of aliphatic hydroxyl groups excluding tert-OH is 1. The Bertz CT molecular complexity index is 1610. The third kappa shape index (κ3) is 8.97. The van der Waals surface area contributed by atoms with Gasteiger partial charge in [0, 0.05) is 44.2 Å². The second-order valence-corrected chi connectivity index (χ2v) is 14.4. The molecule has 1 aliphatic heterocycles. The highest BCUT2D eigenvalue weighted by molar-refractivity contribution is 5.83. The van der Waals surface area contributed by atoms with Gasteiger partial charge in [-0.1, -0.05) is 51.1 Å². The number of carbonyl (C=O) groups excluding carboxylic acids is 3. The topological polar surface area (TPSA) is 114 Å². The fraction of sp³-hybridized carbons (Fsp3) is 0.500. The molecular weight excluding hydrogens is 622 g/mol. The van der Waals surface area contributed by atoms with E-state index in [4.69, 9.17) is 14.5 Å². The third-order valence-corrected chi connectivity index (χ3v) is 8.05. The van der Waals surface area contributed by atoms with Crippen molar-refractivity contribution in [2.24, 2.45) is 11.3 Å². The van der Waals surface area contributed by atoms with Crippen molar-refractivity contribution in [3.05, 3.63) is 77.8 Å². The molecule has 0 spiro atoms. The zero-order valence-corrected chi connectivity index (χ0v) is 28.9. The Hall–Kier alpha value is -4.32. The minimum Gasteiger partial charge on any atom is -0.453 e. The molecule has 3 aromatic rings. The smallest absolute Gasteiger partial charge is 0.410 e. The van der Waals surface area contributed by atoms with E-state index in [1.165, 1.54) is 23.6 Å². The van der Waals surface area contributed by atoms with Crippen LogP contribution in [-0.4, -0.2) is 79.9 Å². The predicted molar refractivity (Wildman–Crippen MR) is 176 cm³/mol. The van der Waals surface area contributed by atoms with Gasteiger partial charge in [0.15, 0.2) is 6.10 Å². The molecule has 260 valence electrons. The molecule has 12 heteroatoms. The molecule has 1 saturated heterocycles. The van der Waals surface area contributed by atoms with Crippen molar-refractivity contribution in [2.75, 3.05) is 19.6 Å². The summed E-state index contributed by atoms with van der Waals surface area (Å²) in [5.41, 5.74) is -0.434. The number of β-amino-alcohol motifs (C(OH)–C–C–N with tert-alkyl or cyclic N) is 1. The molecular formula is C36H46F2N4O6. The maximum absolute atomic E-state index is 15.1. The molecule has 4 rings (SSSR count). The monoisotopic (exact) mass is 668 g/mol. The number of hydrogen-bond acceptors (Lipinski definition) is 7. The number of hydrogen-bond donors (Lipinski definition) is 1. The summed E-state index contributed by atoms with van der Waals surface area (Å²) in [6.45, 7) is 14.1. The average Bonchev–Trinajstić information content (AvgIpc) is 3.55. The molecule has 4 unspecified atom stereocenters. The fourth-order valence-corrected chi connectivity index (χ4v) is 5.99. The Morgan fingerprint density at radius 1 is 1.04 bits per heavy atom. The van der Waals surface area contributed by atoms with Crippen LogP contribution < -0.4 is 0 Å². The fourth-order valence-electron chi connectivity index (χ4n) is 5.99. The van der Waals surface area contributed by atoms with Gasteiger partial charge in [-0.2, -0.15) is 0 Å². The zero-order chi connectivity index (χ0) is 35.6. The Balaban J connectivity index is 1.84. The van der Waals surface area contributed by atoms with Crippen LogP contribution in [0.2, 0.25) is 0 Å². The molecule has 1 fully saturated rings. The number of amides is 2. The van der Waals surface area contributed by atoms with Crippen LogP contribution in [0.1, 0.15) is 72.8 Å². The minimum atomic E-state index is -1.19. The molecule has 10 nitrogen and oxygen atoms in total. The molecule has 0 aliphatic carbocycles. The molecule has 2 amide bonds. The maximum Gasteiger partial charge on any atom is 0.410 e. The molecule has 4 atom stereocenters. The van der Waals surface area contributed by atoms with Crippen LogP contribution >= 0.6 is 0 Å². The second kappa shape index (κ2) is 14.4. The molecule has 0 bridgehead atoms. The first-order valence-corrected chi connectivity index (χ1v) is 16.0. The third-order valence-electron chi connectivity index (χ3n) is 8.05. The number of imidazole rings is 1. The van der Waals surface area contributed by atoms with Crippen molar-refractivity contribution in [1.82, 2.24) is 19.4 Å². The number of halogens is 2. The molecule has 2 heterocycles. The van der Waals surface area contributed by atoms with E-state index in [9.17, 15) is 23.9 Å². The van der Waals surface area contributed by atoms with Crippen molar-refractivity contribution in [2.45, 2.75) is 85.8 Å². The second-order valence-electron chi connectivity index (χ2n) is 14.4. The van der Waals surface area contributed by atoms with Gasteiger partial charge in [0.05, 0.1) is 24.4 Å². The highest BCUT2D eigenvalue weighted by Gasteiger charge is 2.44. The summed E-state index contributed by atoms with van der Waals surface area (Å²) < 4.78 is 42.1. The number of benzene rings is 2. The van der Waals surface area contributed by atoms with Crippen molar-refractivity contribution in [3.8, 4) is 11.3 Å². The first-order valence-electron chi connectivity index (χ1n) is 16.0. The lowest BCUT2D eigenvalue weighted by Crippen LogP contribution is -2.50. The number of aromatic nitrogens is 2. The van der Waals surface area contributed by atoms with Gasteiger partial charge >= 0.3 is 12.1 Å². The molecule has 0 saturated carbocycles. The number of likely N-dealkylation sites (tertiary alicyclic amines) is 1. The summed E-state index contributed by atoms with van der Waals surface area (Å²) in [4.78, 5) is 46.9. The Labute approximate surface area is 280 Å². The normalized spacial score (nSPS) is 17.9. The summed E-state index contributed by atoms with van der Waals surface area (Å²) >= 11 is 0. The van der Waals surface area contributed by atoms with Crippen LogP contribution in [0.3, 0.4) is 0 Å². The van der Waals surface area contributed by atoms with Gasteiger partial charge < -0.3 is 28.9 Å². The minimum absolute atomic E-state index is 0.00687. The maximum atomic E-state index is 15.1. The van der Waals surface area contributed by atoms with Gasteiger partial charge in [-0.05, 0) is 56.9 Å². The number of aliphatic hydroxyl groups is 1.